The Morgan fingerprint density at radius 3 is 2.27 bits per heavy atom. The quantitative estimate of drug-likeness (QED) is 0.509. The van der Waals surface area contributed by atoms with Crippen molar-refractivity contribution < 1.29 is 13.2 Å². The van der Waals surface area contributed by atoms with Gasteiger partial charge in [0, 0.05) is 6.08 Å². The highest BCUT2D eigenvalue weighted by atomic mass is 19.2. The monoisotopic (exact) mass is 160 g/mol. The van der Waals surface area contributed by atoms with Gasteiger partial charge in [0.15, 0.2) is 11.7 Å². The first-order valence-electron chi connectivity index (χ1n) is 3.29. The molecule has 0 aliphatic heterocycles. The largest absolute Gasteiger partial charge is 0.207 e. The fourth-order valence-corrected chi connectivity index (χ4v) is 0.778. The number of halogens is 3. The van der Waals surface area contributed by atoms with Crippen molar-refractivity contribution in [3.63, 3.8) is 0 Å². The lowest BCUT2D eigenvalue weighted by atomic mass is 10.2. The predicted octanol–water partition coefficient (Wildman–Crippen LogP) is 3.34. The first-order chi connectivity index (χ1) is 5.20. The van der Waals surface area contributed by atoms with Crippen LogP contribution in [0.1, 0.15) is 12.8 Å². The van der Waals surface area contributed by atoms with Gasteiger partial charge in [-0.15, -0.1) is 0 Å². The maximum absolute atomic E-state index is 12.4. The van der Waals surface area contributed by atoms with Gasteiger partial charge < -0.3 is 0 Å². The van der Waals surface area contributed by atoms with Crippen LogP contribution < -0.4 is 0 Å². The molecule has 1 aliphatic rings. The van der Waals surface area contributed by atoms with E-state index in [0.29, 0.717) is 18.9 Å². The van der Waals surface area contributed by atoms with E-state index in [0.717, 1.165) is 6.08 Å². The first kappa shape index (κ1) is 8.11. The minimum Gasteiger partial charge on any atom is -0.207 e. The van der Waals surface area contributed by atoms with Gasteiger partial charge in [-0.3, -0.25) is 0 Å². The van der Waals surface area contributed by atoms with Crippen molar-refractivity contribution in [2.24, 2.45) is 0 Å². The molecule has 0 unspecified atom stereocenters. The van der Waals surface area contributed by atoms with Gasteiger partial charge in [-0.2, -0.15) is 0 Å². The highest BCUT2D eigenvalue weighted by Crippen LogP contribution is 2.20. The summed E-state index contributed by atoms with van der Waals surface area (Å²) in [5.41, 5.74) is 0. The molecule has 1 rings (SSSR count). The van der Waals surface area contributed by atoms with Crippen LogP contribution in [0.4, 0.5) is 13.2 Å². The summed E-state index contributed by atoms with van der Waals surface area (Å²) >= 11 is 0. The molecule has 0 aromatic rings. The average Bonchev–Trinajstić information content (AvgIpc) is 1.95. The summed E-state index contributed by atoms with van der Waals surface area (Å²) in [7, 11) is 0. The zero-order chi connectivity index (χ0) is 8.27. The van der Waals surface area contributed by atoms with Crippen LogP contribution in [0.15, 0.2) is 35.7 Å². The van der Waals surface area contributed by atoms with Crippen LogP contribution in [0.5, 0.6) is 0 Å². The van der Waals surface area contributed by atoms with E-state index in [1.54, 1.807) is 0 Å². The Labute approximate surface area is 62.7 Å². The highest BCUT2D eigenvalue weighted by Gasteiger charge is 2.05. The molecule has 60 valence electrons. The van der Waals surface area contributed by atoms with Crippen LogP contribution in [0.2, 0.25) is 0 Å². The fourth-order valence-electron chi connectivity index (χ4n) is 0.778. The molecule has 0 atom stereocenters. The van der Waals surface area contributed by atoms with E-state index in [-0.39, 0.29) is 0 Å². The van der Waals surface area contributed by atoms with Gasteiger partial charge in [-0.05, 0) is 25.0 Å². The Hall–Kier alpha value is -0.990. The minimum atomic E-state index is -1.14. The van der Waals surface area contributed by atoms with Gasteiger partial charge in [-0.25, -0.2) is 13.2 Å². The van der Waals surface area contributed by atoms with Gasteiger partial charge in [0.05, 0.1) is 0 Å². The van der Waals surface area contributed by atoms with Crippen molar-refractivity contribution in [2.45, 2.75) is 12.8 Å². The number of rotatable bonds is 0. The summed E-state index contributed by atoms with van der Waals surface area (Å²) in [5, 5.41) is 0. The summed E-state index contributed by atoms with van der Waals surface area (Å²) in [6.07, 6.45) is 3.62. The molecule has 3 heteroatoms. The van der Waals surface area contributed by atoms with Crippen LogP contribution in [0, 0.1) is 0 Å². The van der Waals surface area contributed by atoms with Crippen molar-refractivity contribution in [1.82, 2.24) is 0 Å². The molecule has 0 nitrogen and oxygen atoms in total. The van der Waals surface area contributed by atoms with Crippen LogP contribution in [0.25, 0.3) is 0 Å². The van der Waals surface area contributed by atoms with E-state index in [1.165, 1.54) is 6.08 Å². The zero-order valence-corrected chi connectivity index (χ0v) is 5.78. The molecule has 1 aliphatic carbocycles. The van der Waals surface area contributed by atoms with Crippen LogP contribution in [-0.4, -0.2) is 0 Å². The number of hydrogen-bond donors (Lipinski definition) is 0. The van der Waals surface area contributed by atoms with E-state index < -0.39 is 17.5 Å². The Balaban J connectivity index is 2.91. The number of hydrogen-bond acceptors (Lipinski definition) is 0. The number of allylic oxidation sites excluding steroid dienone is 6. The van der Waals surface area contributed by atoms with Crippen molar-refractivity contribution in [1.29, 1.82) is 0 Å². The fraction of sp³-hybridized carbons (Fsp3) is 0.250. The molecule has 0 amide bonds. The molecular weight excluding hydrogens is 153 g/mol. The average molecular weight is 160 g/mol. The second kappa shape index (κ2) is 3.42. The van der Waals surface area contributed by atoms with Gasteiger partial charge in [0.1, 0.15) is 5.83 Å². The third-order valence-corrected chi connectivity index (χ3v) is 1.32. The topological polar surface area (TPSA) is 0 Å². The normalized spacial score (nSPS) is 33.5. The molecule has 0 spiro atoms. The lowest BCUT2D eigenvalue weighted by molar-refractivity contribution is 0.531. The molecular formula is C8H7F3. The van der Waals surface area contributed by atoms with Crippen molar-refractivity contribution >= 4 is 0 Å². The van der Waals surface area contributed by atoms with Gasteiger partial charge in [0.2, 0.25) is 0 Å². The molecule has 0 bridgehead atoms. The summed E-state index contributed by atoms with van der Waals surface area (Å²) in [6, 6.07) is 0. The summed E-state index contributed by atoms with van der Waals surface area (Å²) in [4.78, 5) is 0. The molecule has 0 saturated heterocycles. The lowest BCUT2D eigenvalue weighted by Crippen LogP contribution is -1.82. The van der Waals surface area contributed by atoms with Crippen LogP contribution >= 0.6 is 0 Å². The Morgan fingerprint density at radius 2 is 1.55 bits per heavy atom. The Bertz CT molecular complexity index is 236. The Kier molecular flexibility index (Phi) is 2.52. The smallest absolute Gasteiger partial charge is 0.161 e. The van der Waals surface area contributed by atoms with E-state index in [9.17, 15) is 13.2 Å². The lowest BCUT2D eigenvalue weighted by Gasteiger charge is -1.97. The van der Waals surface area contributed by atoms with Crippen LogP contribution in [-0.2, 0) is 0 Å². The summed E-state index contributed by atoms with van der Waals surface area (Å²) in [6.45, 7) is 0. The second-order valence-electron chi connectivity index (χ2n) is 2.21. The van der Waals surface area contributed by atoms with E-state index >= 15 is 0 Å². The summed E-state index contributed by atoms with van der Waals surface area (Å²) < 4.78 is 37.2. The van der Waals surface area contributed by atoms with Crippen molar-refractivity contribution in [2.75, 3.05) is 0 Å². The molecule has 0 fully saturated rings. The van der Waals surface area contributed by atoms with Gasteiger partial charge in [0.25, 0.3) is 0 Å². The van der Waals surface area contributed by atoms with E-state index in [1.807, 2.05) is 0 Å². The zero-order valence-electron chi connectivity index (χ0n) is 5.78. The third kappa shape index (κ3) is 2.26. The molecule has 0 saturated carbocycles. The van der Waals surface area contributed by atoms with E-state index in [2.05, 4.69) is 0 Å². The molecule has 0 heterocycles. The van der Waals surface area contributed by atoms with Crippen molar-refractivity contribution in [3.05, 3.63) is 35.7 Å². The maximum atomic E-state index is 12.4. The third-order valence-electron chi connectivity index (χ3n) is 1.32. The Morgan fingerprint density at radius 1 is 0.909 bits per heavy atom. The molecule has 0 aromatic heterocycles. The molecule has 11 heavy (non-hydrogen) atoms. The predicted molar refractivity (Wildman–Crippen MR) is 36.8 cm³/mol. The van der Waals surface area contributed by atoms with Crippen molar-refractivity contribution in [3.8, 4) is 0 Å². The van der Waals surface area contributed by atoms with Gasteiger partial charge >= 0.3 is 0 Å². The standard InChI is InChI=1S/C8H7F3/c9-6-3-1-2-4-7(10)8(11)5-6/h3-5H,1-2H2/b6-3+,7-4-,8-5+. The van der Waals surface area contributed by atoms with E-state index in [4.69, 9.17) is 0 Å². The molecule has 0 radical (unpaired) electrons. The summed E-state index contributed by atoms with van der Waals surface area (Å²) in [5.74, 6) is -2.84. The molecule has 0 aromatic carbocycles. The minimum absolute atomic E-state index is 0.334. The first-order valence-corrected chi connectivity index (χ1v) is 3.29. The van der Waals surface area contributed by atoms with Gasteiger partial charge in [-0.1, -0.05) is 0 Å². The maximum Gasteiger partial charge on any atom is 0.161 e. The second-order valence-corrected chi connectivity index (χ2v) is 2.21. The SMILES string of the molecule is FC1=C\CC\C=C(F)/C=C\1F. The molecule has 0 N–H and O–H groups in total. The highest BCUT2D eigenvalue weighted by molar-refractivity contribution is 5.27. The van der Waals surface area contributed by atoms with Crippen LogP contribution in [0.3, 0.4) is 0 Å².